The van der Waals surface area contributed by atoms with Crippen molar-refractivity contribution in [2.75, 3.05) is 11.5 Å². The quantitative estimate of drug-likeness (QED) is 0.681. The Balaban J connectivity index is 2.25. The third-order valence-electron chi connectivity index (χ3n) is 3.05. The van der Waals surface area contributed by atoms with Crippen molar-refractivity contribution < 1.29 is 0 Å². The van der Waals surface area contributed by atoms with E-state index in [4.69, 9.17) is 11.5 Å². The van der Waals surface area contributed by atoms with Gasteiger partial charge in [0.2, 0.25) is 0 Å². The molecule has 0 bridgehead atoms. The van der Waals surface area contributed by atoms with Crippen LogP contribution in [0, 0.1) is 0 Å². The Morgan fingerprint density at radius 2 is 1.61 bits per heavy atom. The minimum atomic E-state index is 0.521. The molecule has 18 heavy (non-hydrogen) atoms. The Morgan fingerprint density at radius 3 is 2.39 bits per heavy atom. The van der Waals surface area contributed by atoms with Gasteiger partial charge in [-0.1, -0.05) is 36.4 Å². The van der Waals surface area contributed by atoms with E-state index in [1.165, 1.54) is 0 Å². The summed E-state index contributed by atoms with van der Waals surface area (Å²) in [7, 11) is 0. The second-order valence-corrected chi connectivity index (χ2v) is 4.23. The van der Waals surface area contributed by atoms with Crippen molar-refractivity contribution in [3.05, 3.63) is 54.7 Å². The summed E-state index contributed by atoms with van der Waals surface area (Å²) in [6, 6.07) is 16.2. The molecule has 0 unspecified atom stereocenters. The Bertz CT molecular complexity index is 706. The maximum absolute atomic E-state index is 6.00. The minimum Gasteiger partial charge on any atom is -0.396 e. The highest BCUT2D eigenvalue weighted by Crippen LogP contribution is 2.29. The zero-order chi connectivity index (χ0) is 12.5. The molecule has 1 aromatic heterocycles. The molecule has 4 N–H and O–H groups in total. The molecule has 3 heteroatoms. The van der Waals surface area contributed by atoms with Gasteiger partial charge in [0.05, 0.1) is 23.1 Å². The molecule has 0 amide bonds. The second-order valence-electron chi connectivity index (χ2n) is 4.23. The third kappa shape index (κ3) is 1.66. The van der Waals surface area contributed by atoms with Crippen molar-refractivity contribution in [2.45, 2.75) is 0 Å². The van der Waals surface area contributed by atoms with E-state index in [2.05, 4.69) is 17.1 Å². The molecule has 0 aliphatic carbocycles. The van der Waals surface area contributed by atoms with E-state index >= 15 is 0 Å². The Hall–Kier alpha value is -2.55. The summed E-state index contributed by atoms with van der Waals surface area (Å²) >= 11 is 0. The summed E-state index contributed by atoms with van der Waals surface area (Å²) < 4.78 is 0. The number of nitrogens with two attached hydrogens (primary N) is 2. The standard InChI is InChI=1S/C15H13N3/c16-13-9-18-14-7-6-11(8-12(14)15(13)17)10-4-2-1-3-5-10/h1-9H,16H2,(H2,17,18). The molecular weight excluding hydrogens is 222 g/mol. The summed E-state index contributed by atoms with van der Waals surface area (Å²) in [6.45, 7) is 0. The van der Waals surface area contributed by atoms with Crippen molar-refractivity contribution in [3.8, 4) is 11.1 Å². The molecule has 3 rings (SSSR count). The number of anilines is 2. The number of pyridine rings is 1. The van der Waals surface area contributed by atoms with E-state index in [1.807, 2.05) is 36.4 Å². The summed E-state index contributed by atoms with van der Waals surface area (Å²) in [6.07, 6.45) is 1.60. The number of rotatable bonds is 1. The SMILES string of the molecule is Nc1cnc2ccc(-c3ccccc3)cc2c1N. The van der Waals surface area contributed by atoms with Crippen LogP contribution in [0.2, 0.25) is 0 Å². The van der Waals surface area contributed by atoms with Crippen molar-refractivity contribution in [3.63, 3.8) is 0 Å². The lowest BCUT2D eigenvalue weighted by molar-refractivity contribution is 1.41. The predicted octanol–water partition coefficient (Wildman–Crippen LogP) is 3.07. The topological polar surface area (TPSA) is 64.9 Å². The van der Waals surface area contributed by atoms with Crippen LogP contribution in [0.3, 0.4) is 0 Å². The molecule has 0 atom stereocenters. The van der Waals surface area contributed by atoms with Crippen LogP contribution in [0.5, 0.6) is 0 Å². The fraction of sp³-hybridized carbons (Fsp3) is 0. The van der Waals surface area contributed by atoms with Gasteiger partial charge in [0.1, 0.15) is 0 Å². The lowest BCUT2D eigenvalue weighted by Gasteiger charge is -2.07. The summed E-state index contributed by atoms with van der Waals surface area (Å²) in [4.78, 5) is 4.27. The van der Waals surface area contributed by atoms with Crippen LogP contribution in [0.25, 0.3) is 22.0 Å². The predicted molar refractivity (Wildman–Crippen MR) is 76.0 cm³/mol. The number of aromatic nitrogens is 1. The largest absolute Gasteiger partial charge is 0.396 e. The molecule has 0 saturated heterocycles. The van der Waals surface area contributed by atoms with Crippen molar-refractivity contribution >= 4 is 22.3 Å². The molecule has 3 aromatic rings. The minimum absolute atomic E-state index is 0.521. The van der Waals surface area contributed by atoms with Crippen LogP contribution in [-0.2, 0) is 0 Å². The van der Waals surface area contributed by atoms with Gasteiger partial charge in [-0.3, -0.25) is 4.98 Å². The Kier molecular flexibility index (Phi) is 2.38. The van der Waals surface area contributed by atoms with Crippen molar-refractivity contribution in [1.29, 1.82) is 0 Å². The van der Waals surface area contributed by atoms with Gasteiger partial charge in [0, 0.05) is 5.39 Å². The molecule has 0 radical (unpaired) electrons. The highest BCUT2D eigenvalue weighted by atomic mass is 14.8. The highest BCUT2D eigenvalue weighted by Gasteiger charge is 2.05. The number of nitrogens with zero attached hydrogens (tertiary/aromatic N) is 1. The van der Waals surface area contributed by atoms with Crippen LogP contribution in [0.4, 0.5) is 11.4 Å². The van der Waals surface area contributed by atoms with Gasteiger partial charge < -0.3 is 11.5 Å². The Morgan fingerprint density at radius 1 is 0.833 bits per heavy atom. The lowest BCUT2D eigenvalue weighted by Crippen LogP contribution is -1.97. The van der Waals surface area contributed by atoms with Crippen molar-refractivity contribution in [1.82, 2.24) is 4.98 Å². The van der Waals surface area contributed by atoms with Crippen LogP contribution >= 0.6 is 0 Å². The highest BCUT2D eigenvalue weighted by molar-refractivity contribution is 5.97. The second kappa shape index (κ2) is 4.04. The Labute approximate surface area is 105 Å². The fourth-order valence-corrected chi connectivity index (χ4v) is 2.04. The van der Waals surface area contributed by atoms with Crippen LogP contribution < -0.4 is 11.5 Å². The molecule has 88 valence electrons. The van der Waals surface area contributed by atoms with E-state index in [9.17, 15) is 0 Å². The van der Waals surface area contributed by atoms with Gasteiger partial charge in [-0.25, -0.2) is 0 Å². The van der Waals surface area contributed by atoms with E-state index in [0.717, 1.165) is 22.0 Å². The number of hydrogen-bond acceptors (Lipinski definition) is 3. The van der Waals surface area contributed by atoms with Gasteiger partial charge >= 0.3 is 0 Å². The van der Waals surface area contributed by atoms with Crippen LogP contribution in [0.1, 0.15) is 0 Å². The average Bonchev–Trinajstić information content (AvgIpc) is 2.44. The third-order valence-corrected chi connectivity index (χ3v) is 3.05. The molecular formula is C15H13N3. The van der Waals surface area contributed by atoms with E-state index in [1.54, 1.807) is 6.20 Å². The average molecular weight is 235 g/mol. The maximum Gasteiger partial charge on any atom is 0.0740 e. The first-order valence-corrected chi connectivity index (χ1v) is 5.75. The van der Waals surface area contributed by atoms with Crippen LogP contribution in [0.15, 0.2) is 54.7 Å². The molecule has 1 heterocycles. The summed E-state index contributed by atoms with van der Waals surface area (Å²) in [5, 5.41) is 0.899. The van der Waals surface area contributed by atoms with E-state index in [0.29, 0.717) is 11.4 Å². The zero-order valence-corrected chi connectivity index (χ0v) is 9.80. The number of hydrogen-bond donors (Lipinski definition) is 2. The summed E-state index contributed by atoms with van der Waals surface area (Å²) in [5.41, 5.74) is 16.0. The zero-order valence-electron chi connectivity index (χ0n) is 9.80. The molecule has 0 aliphatic rings. The molecule has 0 spiro atoms. The molecule has 0 aliphatic heterocycles. The van der Waals surface area contributed by atoms with Gasteiger partial charge in [-0.15, -0.1) is 0 Å². The number of nitrogen functional groups attached to an aromatic ring is 2. The molecule has 2 aromatic carbocycles. The molecule has 3 nitrogen and oxygen atoms in total. The van der Waals surface area contributed by atoms with Gasteiger partial charge in [-0.2, -0.15) is 0 Å². The maximum atomic E-state index is 6.00. The van der Waals surface area contributed by atoms with Gasteiger partial charge in [0.25, 0.3) is 0 Å². The van der Waals surface area contributed by atoms with E-state index < -0.39 is 0 Å². The first-order chi connectivity index (χ1) is 8.75. The van der Waals surface area contributed by atoms with Gasteiger partial charge in [-0.05, 0) is 23.3 Å². The molecule has 0 saturated carbocycles. The van der Waals surface area contributed by atoms with E-state index in [-0.39, 0.29) is 0 Å². The van der Waals surface area contributed by atoms with Crippen molar-refractivity contribution in [2.24, 2.45) is 0 Å². The molecule has 0 fully saturated rings. The van der Waals surface area contributed by atoms with Gasteiger partial charge in [0.15, 0.2) is 0 Å². The van der Waals surface area contributed by atoms with Crippen LogP contribution in [-0.4, -0.2) is 4.98 Å². The smallest absolute Gasteiger partial charge is 0.0740 e. The fourth-order valence-electron chi connectivity index (χ4n) is 2.04. The number of fused-ring (bicyclic) bond motifs is 1. The lowest BCUT2D eigenvalue weighted by atomic mass is 10.0. The monoisotopic (exact) mass is 235 g/mol. The first-order valence-electron chi connectivity index (χ1n) is 5.75. The number of benzene rings is 2. The normalized spacial score (nSPS) is 10.7. The summed E-state index contributed by atoms with van der Waals surface area (Å²) in [5.74, 6) is 0. The first kappa shape index (κ1) is 10.6.